The third-order valence-electron chi connectivity index (χ3n) is 6.42. The highest BCUT2D eigenvalue weighted by Gasteiger charge is 2.25. The molecule has 1 aromatic carbocycles. The van der Waals surface area contributed by atoms with Crippen LogP contribution in [0.5, 0.6) is 0 Å². The zero-order chi connectivity index (χ0) is 20.2. The highest BCUT2D eigenvalue weighted by Crippen LogP contribution is 2.26. The second-order valence-electron chi connectivity index (χ2n) is 8.75. The Morgan fingerprint density at radius 1 is 1.00 bits per heavy atom. The van der Waals surface area contributed by atoms with Gasteiger partial charge in [-0.1, -0.05) is 37.3 Å². The predicted octanol–water partition coefficient (Wildman–Crippen LogP) is 4.12. The van der Waals surface area contributed by atoms with Gasteiger partial charge in [0.15, 0.2) is 0 Å². The van der Waals surface area contributed by atoms with E-state index in [1.165, 1.54) is 5.56 Å². The maximum atomic E-state index is 13.0. The Morgan fingerprint density at radius 2 is 1.69 bits per heavy atom. The van der Waals surface area contributed by atoms with E-state index in [1.807, 2.05) is 17.9 Å². The summed E-state index contributed by atoms with van der Waals surface area (Å²) in [5.41, 5.74) is 1.97. The molecule has 0 spiro atoms. The molecule has 2 aliphatic heterocycles. The minimum atomic E-state index is 0.0580. The summed E-state index contributed by atoms with van der Waals surface area (Å²) in [4.78, 5) is 26.4. The molecule has 2 aliphatic rings. The van der Waals surface area contributed by atoms with Crippen molar-refractivity contribution >= 4 is 11.7 Å². The summed E-state index contributed by atoms with van der Waals surface area (Å²) in [7, 11) is 0. The molecule has 1 aromatic heterocycles. The van der Waals surface area contributed by atoms with Crippen LogP contribution < -0.4 is 4.90 Å². The van der Waals surface area contributed by atoms with E-state index < -0.39 is 0 Å². The summed E-state index contributed by atoms with van der Waals surface area (Å²) in [5.74, 6) is 3.07. The number of benzene rings is 1. The van der Waals surface area contributed by atoms with Crippen LogP contribution in [0, 0.1) is 18.8 Å². The molecule has 0 N–H and O–H groups in total. The van der Waals surface area contributed by atoms with Crippen molar-refractivity contribution < 1.29 is 4.79 Å². The molecule has 5 heteroatoms. The number of carbonyl (C=O) groups excluding carboxylic acids is 1. The number of aryl methyl sites for hydroxylation is 1. The Hall–Kier alpha value is -2.43. The predicted molar refractivity (Wildman–Crippen MR) is 116 cm³/mol. The number of aromatic nitrogens is 2. The Balaban J connectivity index is 1.40. The Bertz CT molecular complexity index is 822. The minimum absolute atomic E-state index is 0.0580. The SMILES string of the molecule is Cc1nc(C(=O)N2CCC(C)CC2)cc(N2CCC(Cc3ccccc3)CC2)n1. The van der Waals surface area contributed by atoms with Gasteiger partial charge >= 0.3 is 0 Å². The van der Waals surface area contributed by atoms with E-state index in [9.17, 15) is 4.79 Å². The van der Waals surface area contributed by atoms with E-state index >= 15 is 0 Å². The van der Waals surface area contributed by atoms with Gasteiger partial charge in [-0.3, -0.25) is 4.79 Å². The van der Waals surface area contributed by atoms with Crippen molar-refractivity contribution in [1.82, 2.24) is 14.9 Å². The molecule has 2 fully saturated rings. The van der Waals surface area contributed by atoms with Crippen LogP contribution in [-0.2, 0) is 6.42 Å². The highest BCUT2D eigenvalue weighted by molar-refractivity contribution is 5.93. The van der Waals surface area contributed by atoms with Gasteiger partial charge in [-0.2, -0.15) is 0 Å². The lowest BCUT2D eigenvalue weighted by molar-refractivity contribution is 0.0691. The fourth-order valence-electron chi connectivity index (χ4n) is 4.51. The van der Waals surface area contributed by atoms with Crippen LogP contribution in [-0.4, -0.2) is 47.0 Å². The van der Waals surface area contributed by atoms with Gasteiger partial charge in [0.1, 0.15) is 17.3 Å². The van der Waals surface area contributed by atoms with Crippen molar-refractivity contribution in [3.63, 3.8) is 0 Å². The summed E-state index contributed by atoms with van der Waals surface area (Å²) in [5, 5.41) is 0. The van der Waals surface area contributed by atoms with Crippen LogP contribution >= 0.6 is 0 Å². The average Bonchev–Trinajstić information content (AvgIpc) is 2.75. The van der Waals surface area contributed by atoms with Gasteiger partial charge in [0, 0.05) is 32.2 Å². The molecule has 0 atom stereocenters. The second-order valence-corrected chi connectivity index (χ2v) is 8.75. The number of amides is 1. The van der Waals surface area contributed by atoms with Crippen LogP contribution in [0.4, 0.5) is 5.82 Å². The standard InChI is InChI=1S/C24H32N4O/c1-18-8-12-28(13-9-18)24(29)22-17-23(26-19(2)25-22)27-14-10-21(11-15-27)16-20-6-4-3-5-7-20/h3-7,17-18,21H,8-16H2,1-2H3. The van der Waals surface area contributed by atoms with Gasteiger partial charge in [0.05, 0.1) is 0 Å². The Kier molecular flexibility index (Phi) is 6.12. The molecule has 2 saturated heterocycles. The molecule has 5 nitrogen and oxygen atoms in total. The molecule has 0 aliphatic carbocycles. The molecular formula is C24H32N4O. The molecule has 1 amide bonds. The summed E-state index contributed by atoms with van der Waals surface area (Å²) >= 11 is 0. The zero-order valence-corrected chi connectivity index (χ0v) is 17.7. The van der Waals surface area contributed by atoms with Crippen LogP contribution in [0.15, 0.2) is 36.4 Å². The Labute approximate surface area is 174 Å². The normalized spacial score (nSPS) is 18.8. The number of carbonyl (C=O) groups is 1. The molecule has 0 radical (unpaired) electrons. The van der Waals surface area contributed by atoms with E-state index in [2.05, 4.69) is 52.1 Å². The van der Waals surface area contributed by atoms with E-state index in [0.29, 0.717) is 23.4 Å². The summed E-state index contributed by atoms with van der Waals surface area (Å²) in [6, 6.07) is 12.7. The first kappa shape index (κ1) is 19.9. The van der Waals surface area contributed by atoms with Crippen molar-refractivity contribution in [3.05, 3.63) is 53.5 Å². The molecule has 0 bridgehead atoms. The van der Waals surface area contributed by atoms with Crippen molar-refractivity contribution in [2.45, 2.75) is 46.0 Å². The third kappa shape index (κ3) is 4.95. The number of rotatable bonds is 4. The first-order valence-corrected chi connectivity index (χ1v) is 11.0. The van der Waals surface area contributed by atoms with Crippen molar-refractivity contribution in [3.8, 4) is 0 Å². The second kappa shape index (κ2) is 8.93. The third-order valence-corrected chi connectivity index (χ3v) is 6.42. The lowest BCUT2D eigenvalue weighted by atomic mass is 9.90. The molecule has 4 rings (SSSR count). The molecular weight excluding hydrogens is 360 g/mol. The van der Waals surface area contributed by atoms with Crippen LogP contribution in [0.25, 0.3) is 0 Å². The van der Waals surface area contributed by atoms with E-state index in [1.54, 1.807) is 0 Å². The maximum Gasteiger partial charge on any atom is 0.272 e. The Morgan fingerprint density at radius 3 is 2.38 bits per heavy atom. The molecule has 2 aromatic rings. The van der Waals surface area contributed by atoms with Gasteiger partial charge in [0.2, 0.25) is 0 Å². The average molecular weight is 393 g/mol. The fourth-order valence-corrected chi connectivity index (χ4v) is 4.51. The quantitative estimate of drug-likeness (QED) is 0.785. The van der Waals surface area contributed by atoms with Crippen molar-refractivity contribution in [1.29, 1.82) is 0 Å². The monoisotopic (exact) mass is 392 g/mol. The number of piperidine rings is 2. The first-order valence-electron chi connectivity index (χ1n) is 11.0. The lowest BCUT2D eigenvalue weighted by Gasteiger charge is -2.33. The van der Waals surface area contributed by atoms with E-state index in [4.69, 9.17) is 0 Å². The summed E-state index contributed by atoms with van der Waals surface area (Å²) < 4.78 is 0. The first-order chi connectivity index (χ1) is 14.1. The molecule has 0 unspecified atom stereocenters. The zero-order valence-electron chi connectivity index (χ0n) is 17.7. The number of likely N-dealkylation sites (tertiary alicyclic amines) is 1. The smallest absolute Gasteiger partial charge is 0.272 e. The van der Waals surface area contributed by atoms with Crippen LogP contribution in [0.2, 0.25) is 0 Å². The van der Waals surface area contributed by atoms with Crippen LogP contribution in [0.3, 0.4) is 0 Å². The largest absolute Gasteiger partial charge is 0.356 e. The summed E-state index contributed by atoms with van der Waals surface area (Å²) in [6.45, 7) is 7.80. The van der Waals surface area contributed by atoms with Crippen molar-refractivity contribution in [2.24, 2.45) is 11.8 Å². The number of hydrogen-bond donors (Lipinski definition) is 0. The van der Waals surface area contributed by atoms with Crippen molar-refractivity contribution in [2.75, 3.05) is 31.1 Å². The number of nitrogens with zero attached hydrogens (tertiary/aromatic N) is 4. The summed E-state index contributed by atoms with van der Waals surface area (Å²) in [6.07, 6.45) is 5.63. The highest BCUT2D eigenvalue weighted by atomic mass is 16.2. The molecule has 29 heavy (non-hydrogen) atoms. The van der Waals surface area contributed by atoms with Gasteiger partial charge in [-0.05, 0) is 56.4 Å². The van der Waals surface area contributed by atoms with Gasteiger partial charge in [0.25, 0.3) is 5.91 Å². The topological polar surface area (TPSA) is 49.3 Å². The lowest BCUT2D eigenvalue weighted by Crippen LogP contribution is -2.39. The molecule has 154 valence electrons. The number of hydrogen-bond acceptors (Lipinski definition) is 4. The van der Waals surface area contributed by atoms with Gasteiger partial charge in [-0.15, -0.1) is 0 Å². The van der Waals surface area contributed by atoms with Gasteiger partial charge < -0.3 is 9.80 Å². The minimum Gasteiger partial charge on any atom is -0.356 e. The van der Waals surface area contributed by atoms with Gasteiger partial charge in [-0.25, -0.2) is 9.97 Å². The molecule has 0 saturated carbocycles. The molecule has 3 heterocycles. The maximum absolute atomic E-state index is 13.0. The van der Waals surface area contributed by atoms with E-state index in [0.717, 1.165) is 64.1 Å². The number of anilines is 1. The fraction of sp³-hybridized carbons (Fsp3) is 0.542. The van der Waals surface area contributed by atoms with Crippen LogP contribution in [0.1, 0.15) is 54.5 Å². The van der Waals surface area contributed by atoms with E-state index in [-0.39, 0.29) is 5.91 Å².